The molecule has 0 aliphatic carbocycles. The molecule has 1 aliphatic rings. The van der Waals surface area contributed by atoms with E-state index in [9.17, 15) is 22.8 Å². The highest BCUT2D eigenvalue weighted by Crippen LogP contribution is 2.33. The number of piperidine rings is 1. The molecular weight excluding hydrogens is 492 g/mol. The molecule has 1 atom stereocenters. The molecule has 2 aromatic rings. The van der Waals surface area contributed by atoms with E-state index in [1.807, 2.05) is 6.92 Å². The summed E-state index contributed by atoms with van der Waals surface area (Å²) < 4.78 is 60.4. The Balaban J connectivity index is 1.96. The van der Waals surface area contributed by atoms with E-state index in [1.165, 1.54) is 35.2 Å². The molecule has 0 bridgehead atoms. The molecule has 1 N–H and O–H groups in total. The van der Waals surface area contributed by atoms with Crippen molar-refractivity contribution in [1.29, 1.82) is 0 Å². The molecule has 1 fully saturated rings. The number of nitrogens with zero attached hydrogens (tertiary/aromatic N) is 3. The summed E-state index contributed by atoms with van der Waals surface area (Å²) in [6, 6.07) is 6.48. The zero-order chi connectivity index (χ0) is 27.2. The lowest BCUT2D eigenvalue weighted by atomic mass is 10.1. The van der Waals surface area contributed by atoms with Crippen LogP contribution in [0.5, 0.6) is 5.75 Å². The molecule has 37 heavy (non-hydrogen) atoms. The van der Waals surface area contributed by atoms with Gasteiger partial charge in [0.1, 0.15) is 17.4 Å². The maximum absolute atomic E-state index is 15.2. The Morgan fingerprint density at radius 1 is 1.27 bits per heavy atom. The molecule has 200 valence electrons. The fourth-order valence-electron chi connectivity index (χ4n) is 4.01. The molecule has 1 aliphatic heterocycles. The van der Waals surface area contributed by atoms with Gasteiger partial charge in [-0.05, 0) is 50.5 Å². The first-order chi connectivity index (χ1) is 17.5. The third-order valence-corrected chi connectivity index (χ3v) is 5.89. The lowest BCUT2D eigenvalue weighted by Gasteiger charge is -2.27. The second kappa shape index (κ2) is 12.1. The van der Waals surface area contributed by atoms with Crippen molar-refractivity contribution in [3.63, 3.8) is 0 Å². The first-order valence-electron chi connectivity index (χ1n) is 12.1. The van der Waals surface area contributed by atoms with Gasteiger partial charge in [-0.1, -0.05) is 19.4 Å². The summed E-state index contributed by atoms with van der Waals surface area (Å²) in [6.45, 7) is 4.29. The zero-order valence-corrected chi connectivity index (χ0v) is 20.9. The van der Waals surface area contributed by atoms with Crippen LogP contribution in [0.15, 0.2) is 41.5 Å². The quantitative estimate of drug-likeness (QED) is 0.247. The molecule has 0 aromatic heterocycles. The largest absolute Gasteiger partial charge is 0.490 e. The summed E-state index contributed by atoms with van der Waals surface area (Å²) in [7, 11) is 1.52. The molecule has 0 radical (unpaired) electrons. The van der Waals surface area contributed by atoms with E-state index in [4.69, 9.17) is 4.74 Å². The summed E-state index contributed by atoms with van der Waals surface area (Å²) in [4.78, 5) is 25.9. The van der Waals surface area contributed by atoms with Crippen molar-refractivity contribution >= 4 is 29.5 Å². The number of ether oxygens (including phenoxy) is 1. The zero-order valence-electron chi connectivity index (χ0n) is 20.9. The van der Waals surface area contributed by atoms with E-state index in [0.717, 1.165) is 37.5 Å². The molecule has 2 aromatic carbocycles. The van der Waals surface area contributed by atoms with E-state index >= 15 is 4.39 Å². The highest BCUT2D eigenvalue weighted by atomic mass is 19.4. The number of amidine groups is 1. The van der Waals surface area contributed by atoms with Gasteiger partial charge in [-0.3, -0.25) is 14.6 Å². The van der Waals surface area contributed by atoms with E-state index in [0.29, 0.717) is 31.6 Å². The van der Waals surface area contributed by atoms with E-state index in [-0.39, 0.29) is 28.8 Å². The summed E-state index contributed by atoms with van der Waals surface area (Å²) in [5.41, 5.74) is -1.17. The van der Waals surface area contributed by atoms with Gasteiger partial charge < -0.3 is 15.0 Å². The van der Waals surface area contributed by atoms with Crippen LogP contribution in [0.1, 0.15) is 61.9 Å². The first-order valence-corrected chi connectivity index (χ1v) is 12.1. The highest BCUT2D eigenvalue weighted by molar-refractivity contribution is 6.06. The number of rotatable bonds is 9. The predicted octanol–water partition coefficient (Wildman–Crippen LogP) is 6.06. The van der Waals surface area contributed by atoms with Gasteiger partial charge in [0.2, 0.25) is 6.41 Å². The molecule has 3 rings (SSSR count). The Labute approximate surface area is 213 Å². The minimum atomic E-state index is -4.58. The molecule has 1 saturated heterocycles. The van der Waals surface area contributed by atoms with Crippen molar-refractivity contribution in [2.24, 2.45) is 5.10 Å². The van der Waals surface area contributed by atoms with Crippen LogP contribution in [-0.2, 0) is 11.0 Å². The SMILES string of the molecule is CCCC(C)Oc1cc(N(C)/N=C2/CCCCN2C=O)c(F)cc1C(=O)Nc1cccc(C(F)(F)F)c1. The summed E-state index contributed by atoms with van der Waals surface area (Å²) >= 11 is 0. The van der Waals surface area contributed by atoms with Crippen molar-refractivity contribution < 1.29 is 31.9 Å². The Hall–Kier alpha value is -3.63. The lowest BCUT2D eigenvalue weighted by molar-refractivity contribution is -0.137. The molecule has 1 heterocycles. The molecule has 0 saturated carbocycles. The number of benzene rings is 2. The number of hydrogen-bond acceptors (Lipinski definition) is 5. The molecule has 2 amide bonds. The van der Waals surface area contributed by atoms with Crippen molar-refractivity contribution in [3.05, 3.63) is 53.3 Å². The van der Waals surface area contributed by atoms with Gasteiger partial charge in [0.05, 0.1) is 22.9 Å². The molecular formula is C26H30F4N4O3. The standard InChI is InChI=1S/C26H30F4N4O3/c1-4-8-17(2)37-23-15-22(33(3)32-24-11-5-6-12-34(24)16-35)21(27)14-20(23)25(36)31-19-10-7-9-18(13-19)26(28,29)30/h7,9-10,13-17H,4-6,8,11-12H2,1-3H3,(H,31,36)/b32-24-. The predicted molar refractivity (Wildman–Crippen MR) is 133 cm³/mol. The second-order valence-electron chi connectivity index (χ2n) is 8.85. The third-order valence-electron chi connectivity index (χ3n) is 5.89. The number of likely N-dealkylation sites (tertiary alicyclic amines) is 1. The molecule has 11 heteroatoms. The maximum atomic E-state index is 15.2. The van der Waals surface area contributed by atoms with Gasteiger partial charge >= 0.3 is 6.18 Å². The van der Waals surface area contributed by atoms with Gasteiger partial charge in [-0.15, -0.1) is 0 Å². The Morgan fingerprint density at radius 3 is 2.70 bits per heavy atom. The molecule has 1 unspecified atom stereocenters. The van der Waals surface area contributed by atoms with Crippen LogP contribution >= 0.6 is 0 Å². The number of halogens is 4. The number of hydrazone groups is 1. The Morgan fingerprint density at radius 2 is 2.03 bits per heavy atom. The number of alkyl halides is 3. The van der Waals surface area contributed by atoms with Gasteiger partial charge in [0.25, 0.3) is 5.91 Å². The average Bonchev–Trinajstić information content (AvgIpc) is 2.85. The van der Waals surface area contributed by atoms with E-state index in [1.54, 1.807) is 6.92 Å². The van der Waals surface area contributed by atoms with Gasteiger partial charge in [-0.25, -0.2) is 4.39 Å². The number of nitrogens with one attached hydrogen (secondary N) is 1. The van der Waals surface area contributed by atoms with Gasteiger partial charge in [0, 0.05) is 31.8 Å². The van der Waals surface area contributed by atoms with Gasteiger partial charge in [-0.2, -0.15) is 18.3 Å². The average molecular weight is 523 g/mol. The third kappa shape index (κ3) is 7.21. The second-order valence-corrected chi connectivity index (χ2v) is 8.85. The van der Waals surface area contributed by atoms with Crippen molar-refractivity contribution in [3.8, 4) is 5.75 Å². The van der Waals surface area contributed by atoms with Crippen LogP contribution in [0.3, 0.4) is 0 Å². The van der Waals surface area contributed by atoms with E-state index < -0.39 is 23.5 Å². The van der Waals surface area contributed by atoms with Crippen molar-refractivity contribution in [2.45, 2.75) is 58.2 Å². The number of carbonyl (C=O) groups is 2. The molecule has 0 spiro atoms. The van der Waals surface area contributed by atoms with Crippen LogP contribution < -0.4 is 15.1 Å². The minimum Gasteiger partial charge on any atom is -0.490 e. The van der Waals surface area contributed by atoms with Gasteiger partial charge in [0.15, 0.2) is 0 Å². The van der Waals surface area contributed by atoms with Crippen molar-refractivity contribution in [2.75, 3.05) is 23.9 Å². The highest BCUT2D eigenvalue weighted by Gasteiger charge is 2.31. The Bertz CT molecular complexity index is 1150. The minimum absolute atomic E-state index is 0.0123. The maximum Gasteiger partial charge on any atom is 0.416 e. The number of carbonyl (C=O) groups excluding carboxylic acids is 2. The fraction of sp³-hybridized carbons (Fsp3) is 0.423. The van der Waals surface area contributed by atoms with Crippen LogP contribution in [-0.4, -0.2) is 42.7 Å². The lowest BCUT2D eigenvalue weighted by Crippen LogP contribution is -2.36. The summed E-state index contributed by atoms with van der Waals surface area (Å²) in [6.07, 6.45) is -0.505. The Kier molecular flexibility index (Phi) is 9.12. The normalized spacial score (nSPS) is 15.9. The van der Waals surface area contributed by atoms with Crippen LogP contribution in [0.4, 0.5) is 28.9 Å². The monoisotopic (exact) mass is 522 g/mol. The number of anilines is 2. The smallest absolute Gasteiger partial charge is 0.416 e. The fourth-order valence-corrected chi connectivity index (χ4v) is 4.01. The van der Waals surface area contributed by atoms with Crippen LogP contribution in [0.2, 0.25) is 0 Å². The first kappa shape index (κ1) is 27.9. The van der Waals surface area contributed by atoms with Crippen LogP contribution in [0, 0.1) is 5.82 Å². The number of amides is 2. The number of hydrogen-bond donors (Lipinski definition) is 1. The topological polar surface area (TPSA) is 74.2 Å². The van der Waals surface area contributed by atoms with Crippen LogP contribution in [0.25, 0.3) is 0 Å². The van der Waals surface area contributed by atoms with Crippen molar-refractivity contribution in [1.82, 2.24) is 4.90 Å². The summed E-state index contributed by atoms with van der Waals surface area (Å²) in [5.74, 6) is -1.05. The summed E-state index contributed by atoms with van der Waals surface area (Å²) in [5, 5.41) is 8.07. The van der Waals surface area contributed by atoms with E-state index in [2.05, 4.69) is 10.4 Å². The molecule has 7 nitrogen and oxygen atoms in total.